The molecule has 2 aliphatic rings. The molecule has 0 unspecified atom stereocenters. The molecule has 2 saturated carbocycles. The van der Waals surface area contributed by atoms with Crippen LogP contribution in [0.5, 0.6) is 0 Å². The maximum atomic E-state index is 10.4. The van der Waals surface area contributed by atoms with E-state index in [1.807, 2.05) is 0 Å². The Kier molecular flexibility index (Phi) is 2.72. The van der Waals surface area contributed by atoms with E-state index in [-0.39, 0.29) is 6.10 Å². The van der Waals surface area contributed by atoms with Crippen molar-refractivity contribution in [2.24, 2.45) is 0 Å². The summed E-state index contributed by atoms with van der Waals surface area (Å²) in [5.74, 6) is 0.770. The van der Waals surface area contributed by atoms with Crippen LogP contribution in [0.2, 0.25) is 0 Å². The second kappa shape index (κ2) is 4.11. The molecule has 2 fully saturated rings. The topological polar surface area (TPSA) is 29.5 Å². The number of benzene rings is 1. The second-order valence-electron chi connectivity index (χ2n) is 5.55. The van der Waals surface area contributed by atoms with Gasteiger partial charge in [0.2, 0.25) is 0 Å². The summed E-state index contributed by atoms with van der Waals surface area (Å²) in [7, 11) is 1.71. The third-order valence-corrected chi connectivity index (χ3v) is 4.49. The number of aliphatic hydroxyl groups is 1. The lowest BCUT2D eigenvalue weighted by Gasteiger charge is -2.43. The minimum Gasteiger partial charge on any atom is -0.385 e. The molecule has 0 spiro atoms. The smallest absolute Gasteiger partial charge is 0.0945 e. The normalized spacial score (nSPS) is 32.9. The first-order valence-corrected chi connectivity index (χ1v) is 6.57. The molecule has 0 heterocycles. The Morgan fingerprint density at radius 3 is 2.29 bits per heavy atom. The average Bonchev–Trinajstić information content (AvgIpc) is 2.23. The molecule has 0 aliphatic heterocycles. The standard InChI is InChI=1S/C15H20O2/c1-17-14-9-15(16,10-14)13-7-5-12(6-8-13)11-3-2-4-11/h5-8,11,14,16H,2-4,9-10H2,1H3. The number of rotatable bonds is 3. The van der Waals surface area contributed by atoms with Crippen molar-refractivity contribution < 1.29 is 9.84 Å². The predicted molar refractivity (Wildman–Crippen MR) is 67.0 cm³/mol. The van der Waals surface area contributed by atoms with Gasteiger partial charge in [-0.1, -0.05) is 30.7 Å². The van der Waals surface area contributed by atoms with Crippen molar-refractivity contribution >= 4 is 0 Å². The fourth-order valence-corrected chi connectivity index (χ4v) is 2.90. The first-order chi connectivity index (χ1) is 8.21. The summed E-state index contributed by atoms with van der Waals surface area (Å²) in [5, 5.41) is 10.4. The molecule has 0 saturated heterocycles. The summed E-state index contributed by atoms with van der Waals surface area (Å²) in [5.41, 5.74) is 1.85. The Balaban J connectivity index is 1.72. The van der Waals surface area contributed by atoms with E-state index in [1.165, 1.54) is 24.8 Å². The third kappa shape index (κ3) is 1.90. The van der Waals surface area contributed by atoms with Crippen molar-refractivity contribution in [2.45, 2.75) is 49.7 Å². The highest BCUT2D eigenvalue weighted by atomic mass is 16.5. The van der Waals surface area contributed by atoms with Crippen LogP contribution in [0.25, 0.3) is 0 Å². The molecule has 1 aromatic rings. The summed E-state index contributed by atoms with van der Waals surface area (Å²) < 4.78 is 5.23. The molecule has 92 valence electrons. The van der Waals surface area contributed by atoms with Crippen LogP contribution < -0.4 is 0 Å². The molecule has 3 rings (SSSR count). The zero-order valence-electron chi connectivity index (χ0n) is 10.4. The molecule has 0 atom stereocenters. The lowest BCUT2D eigenvalue weighted by molar-refractivity contribution is -0.133. The van der Waals surface area contributed by atoms with Crippen LogP contribution in [0.3, 0.4) is 0 Å². The highest BCUT2D eigenvalue weighted by molar-refractivity contribution is 5.31. The van der Waals surface area contributed by atoms with Gasteiger partial charge < -0.3 is 9.84 Å². The van der Waals surface area contributed by atoms with Crippen LogP contribution in [-0.2, 0) is 10.3 Å². The van der Waals surface area contributed by atoms with Crippen LogP contribution >= 0.6 is 0 Å². The van der Waals surface area contributed by atoms with Gasteiger partial charge in [0.15, 0.2) is 0 Å². The zero-order valence-corrected chi connectivity index (χ0v) is 10.4. The van der Waals surface area contributed by atoms with E-state index >= 15 is 0 Å². The fraction of sp³-hybridized carbons (Fsp3) is 0.600. The molecule has 17 heavy (non-hydrogen) atoms. The van der Waals surface area contributed by atoms with Crippen LogP contribution in [0, 0.1) is 0 Å². The monoisotopic (exact) mass is 232 g/mol. The zero-order chi connectivity index (χ0) is 11.9. The molecule has 0 bridgehead atoms. The largest absolute Gasteiger partial charge is 0.385 e. The van der Waals surface area contributed by atoms with Crippen molar-refractivity contribution in [3.8, 4) is 0 Å². The van der Waals surface area contributed by atoms with Gasteiger partial charge >= 0.3 is 0 Å². The van der Waals surface area contributed by atoms with Crippen molar-refractivity contribution in [1.29, 1.82) is 0 Å². The minimum atomic E-state index is -0.640. The van der Waals surface area contributed by atoms with Crippen LogP contribution in [0.1, 0.15) is 49.1 Å². The van der Waals surface area contributed by atoms with Crippen molar-refractivity contribution in [2.75, 3.05) is 7.11 Å². The predicted octanol–water partition coefficient (Wildman–Crippen LogP) is 2.95. The van der Waals surface area contributed by atoms with Crippen LogP contribution in [0.15, 0.2) is 24.3 Å². The number of hydrogen-bond donors (Lipinski definition) is 1. The second-order valence-corrected chi connectivity index (χ2v) is 5.55. The van der Waals surface area contributed by atoms with E-state index in [2.05, 4.69) is 24.3 Å². The lowest BCUT2D eigenvalue weighted by Crippen LogP contribution is -2.45. The van der Waals surface area contributed by atoms with Gasteiger partial charge in [0.25, 0.3) is 0 Å². The third-order valence-electron chi connectivity index (χ3n) is 4.49. The van der Waals surface area contributed by atoms with E-state index in [4.69, 9.17) is 4.74 Å². The fourth-order valence-electron chi connectivity index (χ4n) is 2.90. The molecular weight excluding hydrogens is 212 g/mol. The van der Waals surface area contributed by atoms with E-state index in [1.54, 1.807) is 7.11 Å². The van der Waals surface area contributed by atoms with Crippen molar-refractivity contribution in [3.05, 3.63) is 35.4 Å². The van der Waals surface area contributed by atoms with Gasteiger partial charge in [-0.3, -0.25) is 0 Å². The van der Waals surface area contributed by atoms with Gasteiger partial charge in [-0.2, -0.15) is 0 Å². The first-order valence-electron chi connectivity index (χ1n) is 6.57. The molecular formula is C15H20O2. The van der Waals surface area contributed by atoms with E-state index in [0.717, 1.165) is 24.3 Å². The summed E-state index contributed by atoms with van der Waals surface area (Å²) in [6, 6.07) is 8.58. The Hall–Kier alpha value is -0.860. The molecule has 1 N–H and O–H groups in total. The Labute approximate surface area is 103 Å². The Morgan fingerprint density at radius 1 is 1.18 bits per heavy atom. The summed E-state index contributed by atoms with van der Waals surface area (Å²) >= 11 is 0. The maximum absolute atomic E-state index is 10.4. The van der Waals surface area contributed by atoms with Crippen LogP contribution in [0.4, 0.5) is 0 Å². The number of hydrogen-bond acceptors (Lipinski definition) is 2. The van der Waals surface area contributed by atoms with Gasteiger partial charge in [0.05, 0.1) is 11.7 Å². The minimum absolute atomic E-state index is 0.228. The quantitative estimate of drug-likeness (QED) is 0.868. The lowest BCUT2D eigenvalue weighted by atomic mass is 9.72. The van der Waals surface area contributed by atoms with E-state index < -0.39 is 5.60 Å². The molecule has 1 aromatic carbocycles. The molecule has 2 nitrogen and oxygen atoms in total. The first kappa shape index (κ1) is 11.2. The molecule has 0 aromatic heterocycles. The molecule has 0 radical (unpaired) electrons. The highest BCUT2D eigenvalue weighted by Gasteiger charge is 2.44. The summed E-state index contributed by atoms with van der Waals surface area (Å²) in [6.45, 7) is 0. The van der Waals surface area contributed by atoms with Gasteiger partial charge in [-0.25, -0.2) is 0 Å². The highest BCUT2D eigenvalue weighted by Crippen LogP contribution is 2.43. The molecule has 2 heteroatoms. The van der Waals surface area contributed by atoms with Crippen molar-refractivity contribution in [3.63, 3.8) is 0 Å². The van der Waals surface area contributed by atoms with E-state index in [0.29, 0.717) is 0 Å². The van der Waals surface area contributed by atoms with E-state index in [9.17, 15) is 5.11 Å². The van der Waals surface area contributed by atoms with Crippen LogP contribution in [-0.4, -0.2) is 18.3 Å². The number of ether oxygens (including phenoxy) is 1. The van der Waals surface area contributed by atoms with Crippen molar-refractivity contribution in [1.82, 2.24) is 0 Å². The molecule has 2 aliphatic carbocycles. The summed E-state index contributed by atoms with van der Waals surface area (Å²) in [4.78, 5) is 0. The number of methoxy groups -OCH3 is 1. The Morgan fingerprint density at radius 2 is 1.82 bits per heavy atom. The average molecular weight is 232 g/mol. The summed E-state index contributed by atoms with van der Waals surface area (Å²) in [6.07, 6.45) is 5.71. The maximum Gasteiger partial charge on any atom is 0.0945 e. The SMILES string of the molecule is COC1CC(O)(c2ccc(C3CCC3)cc2)C1. The van der Waals surface area contributed by atoms with Gasteiger partial charge in [0, 0.05) is 20.0 Å². The van der Waals surface area contributed by atoms with Gasteiger partial charge in [-0.05, 0) is 29.9 Å². The Bertz CT molecular complexity index is 386. The molecule has 0 amide bonds. The van der Waals surface area contributed by atoms with Gasteiger partial charge in [0.1, 0.15) is 0 Å². The van der Waals surface area contributed by atoms with Gasteiger partial charge in [-0.15, -0.1) is 0 Å².